The van der Waals surface area contributed by atoms with Crippen molar-refractivity contribution in [1.82, 2.24) is 14.9 Å². The standard InChI is InChI=1S/C17H26N4O/c1-13-11-14(2)19-17(18-13)21-10-6-7-15(12-21)16(22)20-8-4-3-5-9-20/h11,15H,3-10,12H2,1-2H3. The van der Waals surface area contributed by atoms with Gasteiger partial charge in [-0.15, -0.1) is 0 Å². The second-order valence-electron chi connectivity index (χ2n) is 6.62. The number of rotatable bonds is 2. The van der Waals surface area contributed by atoms with Crippen LogP contribution < -0.4 is 4.90 Å². The van der Waals surface area contributed by atoms with Crippen LogP contribution in [-0.4, -0.2) is 47.0 Å². The number of aryl methyl sites for hydroxylation is 2. The lowest BCUT2D eigenvalue weighted by molar-refractivity contribution is -0.136. The van der Waals surface area contributed by atoms with Crippen LogP contribution in [0.3, 0.4) is 0 Å². The van der Waals surface area contributed by atoms with Gasteiger partial charge in [0.2, 0.25) is 11.9 Å². The van der Waals surface area contributed by atoms with Gasteiger partial charge in [-0.05, 0) is 52.0 Å². The molecule has 0 saturated carbocycles. The summed E-state index contributed by atoms with van der Waals surface area (Å²) < 4.78 is 0. The average molecular weight is 302 g/mol. The first-order chi connectivity index (χ1) is 10.6. The summed E-state index contributed by atoms with van der Waals surface area (Å²) in [6.45, 7) is 7.59. The Kier molecular flexibility index (Phi) is 4.60. The summed E-state index contributed by atoms with van der Waals surface area (Å²) in [5.41, 5.74) is 1.99. The van der Waals surface area contributed by atoms with E-state index < -0.39 is 0 Å². The van der Waals surface area contributed by atoms with E-state index in [0.717, 1.165) is 69.2 Å². The summed E-state index contributed by atoms with van der Waals surface area (Å²) >= 11 is 0. The molecule has 2 aliphatic rings. The summed E-state index contributed by atoms with van der Waals surface area (Å²) in [5, 5.41) is 0. The third kappa shape index (κ3) is 3.39. The molecule has 3 heterocycles. The molecule has 5 nitrogen and oxygen atoms in total. The largest absolute Gasteiger partial charge is 0.342 e. The molecule has 0 radical (unpaired) electrons. The lowest BCUT2D eigenvalue weighted by Gasteiger charge is -2.36. The summed E-state index contributed by atoms with van der Waals surface area (Å²) in [7, 11) is 0. The molecule has 1 aromatic heterocycles. The molecule has 0 N–H and O–H groups in total. The number of likely N-dealkylation sites (tertiary alicyclic amines) is 1. The van der Waals surface area contributed by atoms with Crippen molar-refractivity contribution in [2.75, 3.05) is 31.1 Å². The van der Waals surface area contributed by atoms with Crippen LogP contribution in [0.25, 0.3) is 0 Å². The molecule has 1 amide bonds. The van der Waals surface area contributed by atoms with Gasteiger partial charge < -0.3 is 9.80 Å². The average Bonchev–Trinajstić information content (AvgIpc) is 2.54. The maximum Gasteiger partial charge on any atom is 0.227 e. The van der Waals surface area contributed by atoms with Gasteiger partial charge in [-0.3, -0.25) is 4.79 Å². The maximum absolute atomic E-state index is 12.7. The van der Waals surface area contributed by atoms with Crippen molar-refractivity contribution in [3.8, 4) is 0 Å². The SMILES string of the molecule is Cc1cc(C)nc(N2CCCC(C(=O)N3CCCCC3)C2)n1. The number of amides is 1. The molecule has 0 spiro atoms. The molecule has 2 aliphatic heterocycles. The Bertz CT molecular complexity index is 519. The van der Waals surface area contributed by atoms with Gasteiger partial charge in [-0.25, -0.2) is 9.97 Å². The second-order valence-corrected chi connectivity index (χ2v) is 6.62. The van der Waals surface area contributed by atoms with Gasteiger partial charge >= 0.3 is 0 Å². The fourth-order valence-corrected chi connectivity index (χ4v) is 3.58. The highest BCUT2D eigenvalue weighted by Crippen LogP contribution is 2.24. The molecule has 3 rings (SSSR count). The van der Waals surface area contributed by atoms with Crippen LogP contribution in [0.1, 0.15) is 43.5 Å². The summed E-state index contributed by atoms with van der Waals surface area (Å²) in [4.78, 5) is 26.1. The molecular formula is C17H26N4O. The fraction of sp³-hybridized carbons (Fsp3) is 0.706. The third-order valence-corrected chi connectivity index (χ3v) is 4.69. The Morgan fingerprint density at radius 1 is 1.05 bits per heavy atom. The predicted octanol–water partition coefficient (Wildman–Crippen LogP) is 2.32. The van der Waals surface area contributed by atoms with Crippen LogP contribution >= 0.6 is 0 Å². The normalized spacial score (nSPS) is 22.7. The number of aromatic nitrogens is 2. The highest BCUT2D eigenvalue weighted by atomic mass is 16.2. The Morgan fingerprint density at radius 3 is 2.41 bits per heavy atom. The van der Waals surface area contributed by atoms with E-state index in [1.807, 2.05) is 19.9 Å². The minimum atomic E-state index is 0.108. The quantitative estimate of drug-likeness (QED) is 0.841. The number of carbonyl (C=O) groups is 1. The van der Waals surface area contributed by atoms with Gasteiger partial charge in [-0.2, -0.15) is 0 Å². The van der Waals surface area contributed by atoms with E-state index in [0.29, 0.717) is 5.91 Å². The van der Waals surface area contributed by atoms with Crippen molar-refractivity contribution in [3.63, 3.8) is 0 Å². The number of hydrogen-bond acceptors (Lipinski definition) is 4. The molecule has 1 aromatic rings. The van der Waals surface area contributed by atoms with Crippen LogP contribution in [0.2, 0.25) is 0 Å². The van der Waals surface area contributed by atoms with Crippen LogP contribution in [0.4, 0.5) is 5.95 Å². The summed E-state index contributed by atoms with van der Waals surface area (Å²) in [6, 6.07) is 1.99. The van der Waals surface area contributed by atoms with Crippen molar-refractivity contribution >= 4 is 11.9 Å². The van der Waals surface area contributed by atoms with Crippen molar-refractivity contribution < 1.29 is 4.79 Å². The molecule has 1 atom stereocenters. The minimum absolute atomic E-state index is 0.108. The molecule has 0 aliphatic carbocycles. The van der Waals surface area contributed by atoms with Crippen LogP contribution in [0.15, 0.2) is 6.07 Å². The van der Waals surface area contributed by atoms with E-state index in [1.165, 1.54) is 6.42 Å². The number of anilines is 1. The van der Waals surface area contributed by atoms with E-state index in [-0.39, 0.29) is 5.92 Å². The molecule has 2 fully saturated rings. The molecule has 0 bridgehead atoms. The van der Waals surface area contributed by atoms with E-state index in [1.54, 1.807) is 0 Å². The Labute approximate surface area is 132 Å². The first kappa shape index (κ1) is 15.3. The zero-order valence-corrected chi connectivity index (χ0v) is 13.7. The monoisotopic (exact) mass is 302 g/mol. The second kappa shape index (κ2) is 6.63. The van der Waals surface area contributed by atoms with Crippen LogP contribution in [-0.2, 0) is 4.79 Å². The van der Waals surface area contributed by atoms with Crippen LogP contribution in [0.5, 0.6) is 0 Å². The first-order valence-corrected chi connectivity index (χ1v) is 8.49. The van der Waals surface area contributed by atoms with Crippen LogP contribution in [0, 0.1) is 19.8 Å². The van der Waals surface area contributed by atoms with Gasteiger partial charge in [0.05, 0.1) is 5.92 Å². The Morgan fingerprint density at radius 2 is 1.73 bits per heavy atom. The zero-order valence-electron chi connectivity index (χ0n) is 13.7. The number of hydrogen-bond donors (Lipinski definition) is 0. The third-order valence-electron chi connectivity index (χ3n) is 4.69. The first-order valence-electron chi connectivity index (χ1n) is 8.49. The van der Waals surface area contributed by atoms with Crippen molar-refractivity contribution in [3.05, 3.63) is 17.5 Å². The molecular weight excluding hydrogens is 276 g/mol. The lowest BCUT2D eigenvalue weighted by Crippen LogP contribution is -2.46. The topological polar surface area (TPSA) is 49.3 Å². The predicted molar refractivity (Wildman–Crippen MR) is 86.9 cm³/mol. The summed E-state index contributed by atoms with van der Waals surface area (Å²) in [5.74, 6) is 1.23. The minimum Gasteiger partial charge on any atom is -0.342 e. The number of piperidine rings is 2. The molecule has 120 valence electrons. The van der Waals surface area contributed by atoms with Gasteiger partial charge in [-0.1, -0.05) is 0 Å². The van der Waals surface area contributed by atoms with E-state index >= 15 is 0 Å². The highest BCUT2D eigenvalue weighted by molar-refractivity contribution is 5.79. The van der Waals surface area contributed by atoms with Crippen molar-refractivity contribution in [2.45, 2.75) is 46.0 Å². The maximum atomic E-state index is 12.7. The van der Waals surface area contributed by atoms with Gasteiger partial charge in [0.15, 0.2) is 0 Å². The van der Waals surface area contributed by atoms with E-state index in [4.69, 9.17) is 0 Å². The summed E-state index contributed by atoms with van der Waals surface area (Å²) in [6.07, 6.45) is 5.61. The molecule has 5 heteroatoms. The van der Waals surface area contributed by atoms with Crippen molar-refractivity contribution in [2.24, 2.45) is 5.92 Å². The number of carbonyl (C=O) groups excluding carboxylic acids is 1. The lowest BCUT2D eigenvalue weighted by atomic mass is 9.95. The molecule has 2 saturated heterocycles. The van der Waals surface area contributed by atoms with E-state index in [2.05, 4.69) is 19.8 Å². The smallest absolute Gasteiger partial charge is 0.227 e. The van der Waals surface area contributed by atoms with Gasteiger partial charge in [0, 0.05) is 37.6 Å². The van der Waals surface area contributed by atoms with Crippen molar-refractivity contribution in [1.29, 1.82) is 0 Å². The van der Waals surface area contributed by atoms with E-state index in [9.17, 15) is 4.79 Å². The Hall–Kier alpha value is -1.65. The Balaban J connectivity index is 1.69. The van der Waals surface area contributed by atoms with Gasteiger partial charge in [0.25, 0.3) is 0 Å². The van der Waals surface area contributed by atoms with Gasteiger partial charge in [0.1, 0.15) is 0 Å². The number of nitrogens with zero attached hydrogens (tertiary/aromatic N) is 4. The highest BCUT2D eigenvalue weighted by Gasteiger charge is 2.30. The molecule has 22 heavy (non-hydrogen) atoms. The zero-order chi connectivity index (χ0) is 15.5. The molecule has 0 aromatic carbocycles. The fourth-order valence-electron chi connectivity index (χ4n) is 3.58. The molecule has 1 unspecified atom stereocenters.